The van der Waals surface area contributed by atoms with E-state index in [2.05, 4.69) is 21.9 Å². The number of pyridine rings is 1. The number of carbonyl (C=O) groups is 1. The molecule has 1 aliphatic carbocycles. The molecule has 0 radical (unpaired) electrons. The number of carbonyl (C=O) groups excluding carboxylic acids is 1. The highest BCUT2D eigenvalue weighted by Crippen LogP contribution is 2.33. The second-order valence-corrected chi connectivity index (χ2v) is 11.8. The van der Waals surface area contributed by atoms with Gasteiger partial charge < -0.3 is 5.32 Å². The molecule has 1 saturated heterocycles. The summed E-state index contributed by atoms with van der Waals surface area (Å²) in [5.41, 5.74) is 1.16. The third-order valence-electron chi connectivity index (χ3n) is 6.84. The maximum absolute atomic E-state index is 14.8. The van der Waals surface area contributed by atoms with Gasteiger partial charge in [0.15, 0.2) is 13.1 Å². The Bertz CT molecular complexity index is 1310. The van der Waals surface area contributed by atoms with Gasteiger partial charge in [0.25, 0.3) is 6.57 Å². The second-order valence-electron chi connectivity index (χ2n) is 9.61. The van der Waals surface area contributed by atoms with E-state index >= 15 is 0 Å². The molecule has 1 amide bonds. The Kier molecular flexibility index (Phi) is 8.29. The van der Waals surface area contributed by atoms with Gasteiger partial charge in [0.2, 0.25) is 10.0 Å². The molecule has 1 saturated carbocycles. The van der Waals surface area contributed by atoms with E-state index in [-0.39, 0.29) is 35.4 Å². The first-order valence-electron chi connectivity index (χ1n) is 12.3. The first-order valence-corrected chi connectivity index (χ1v) is 13.8. The van der Waals surface area contributed by atoms with Gasteiger partial charge in [0, 0.05) is 5.56 Å². The third kappa shape index (κ3) is 6.56. The Morgan fingerprint density at radius 3 is 2.68 bits per heavy atom. The Morgan fingerprint density at radius 2 is 2.00 bits per heavy atom. The van der Waals surface area contributed by atoms with E-state index in [0.29, 0.717) is 50.9 Å². The summed E-state index contributed by atoms with van der Waals surface area (Å²) in [7, 11) is -3.33. The molecular weight excluding hydrogens is 500 g/mol. The fourth-order valence-corrected chi connectivity index (χ4v) is 6.68. The molecule has 1 aliphatic heterocycles. The van der Waals surface area contributed by atoms with E-state index in [9.17, 15) is 22.0 Å². The monoisotopic (exact) mass is 531 g/mol. The molecule has 2 aromatic rings. The van der Waals surface area contributed by atoms with Crippen molar-refractivity contribution in [3.8, 4) is 6.57 Å². The number of anilines is 1. The van der Waals surface area contributed by atoms with E-state index in [1.807, 2.05) is 4.58 Å². The number of hydrogen-bond donors (Lipinski definition) is 1. The van der Waals surface area contributed by atoms with Crippen molar-refractivity contribution in [3.05, 3.63) is 64.3 Å². The first-order chi connectivity index (χ1) is 17.7. The highest BCUT2D eigenvalue weighted by Gasteiger charge is 2.45. The standard InChI is InChI=1S/C26H30F2N5O3S/c1-29-24(14-18-6-8-19(27)9-7-18)26(34)31-25-16-30-15-23(28)22(25)5-3-4-20-17-32(2)12-13-33(20)37(35,36)21-10-11-21/h1,6-9,15-16,20-21,24H,2-5,10-14,17H2/q+1/p+1. The van der Waals surface area contributed by atoms with Crippen LogP contribution in [0.5, 0.6) is 0 Å². The van der Waals surface area contributed by atoms with Gasteiger partial charge in [-0.1, -0.05) is 17.0 Å². The van der Waals surface area contributed by atoms with E-state index in [4.69, 9.17) is 6.57 Å². The summed E-state index contributed by atoms with van der Waals surface area (Å²) in [6, 6.07) is 4.45. The molecule has 2 unspecified atom stereocenters. The molecule has 11 heteroatoms. The lowest BCUT2D eigenvalue weighted by molar-refractivity contribution is -0.536. The quantitative estimate of drug-likeness (QED) is 0.478. The van der Waals surface area contributed by atoms with Gasteiger partial charge in [0.1, 0.15) is 18.4 Å². The number of aromatic nitrogens is 1. The number of nitrogens with one attached hydrogen (secondary N) is 1. The summed E-state index contributed by atoms with van der Waals surface area (Å²) in [4.78, 5) is 20.4. The van der Waals surface area contributed by atoms with Crippen LogP contribution < -0.4 is 5.32 Å². The van der Waals surface area contributed by atoms with Crippen molar-refractivity contribution >= 4 is 28.3 Å². The zero-order chi connectivity index (χ0) is 26.6. The Balaban J connectivity index is 1.41. The fraction of sp³-hybridized carbons (Fsp3) is 0.462. The van der Waals surface area contributed by atoms with Gasteiger partial charge in [-0.2, -0.15) is 4.31 Å². The van der Waals surface area contributed by atoms with Crippen molar-refractivity contribution in [2.24, 2.45) is 0 Å². The minimum atomic E-state index is -3.33. The number of amides is 1. The van der Waals surface area contributed by atoms with Crippen molar-refractivity contribution in [1.82, 2.24) is 9.29 Å². The first kappa shape index (κ1) is 26.8. The predicted molar refractivity (Wildman–Crippen MR) is 138 cm³/mol. The molecule has 196 valence electrons. The fourth-order valence-electron chi connectivity index (χ4n) is 4.64. The van der Waals surface area contributed by atoms with E-state index in [1.165, 1.54) is 18.3 Å². The van der Waals surface area contributed by atoms with Crippen LogP contribution in [-0.4, -0.2) is 71.9 Å². The summed E-state index contributed by atoms with van der Waals surface area (Å²) in [5, 5.41) is 2.38. The zero-order valence-electron chi connectivity index (χ0n) is 20.5. The van der Waals surface area contributed by atoms with E-state index in [0.717, 1.165) is 6.20 Å². The lowest BCUT2D eigenvalue weighted by Gasteiger charge is -2.32. The molecular formula is C26H31F2N5O3S+2. The Labute approximate surface area is 215 Å². The smallest absolute Gasteiger partial charge is 0.317 e. The van der Waals surface area contributed by atoms with Crippen LogP contribution in [0.3, 0.4) is 0 Å². The second kappa shape index (κ2) is 11.4. The molecule has 1 aromatic carbocycles. The van der Waals surface area contributed by atoms with Crippen LogP contribution in [0.4, 0.5) is 14.5 Å². The van der Waals surface area contributed by atoms with Crippen LogP contribution in [0.25, 0.3) is 4.85 Å². The molecule has 2 heterocycles. The summed E-state index contributed by atoms with van der Waals surface area (Å²) >= 11 is 0. The largest absolute Gasteiger partial charge is 0.352 e. The SMILES string of the molecule is C#[N+]C(Cc1ccc(F)cc1)C(=O)Nc1cncc(F)c1CCCC1C[N+](=C)CCN1S(=O)(=O)C1CC1. The lowest BCUT2D eigenvalue weighted by Crippen LogP contribution is -2.52. The number of nitrogens with zero attached hydrogens (tertiary/aromatic N) is 4. The molecule has 1 N–H and O–H groups in total. The maximum atomic E-state index is 14.8. The van der Waals surface area contributed by atoms with Gasteiger partial charge >= 0.3 is 11.9 Å². The molecule has 2 fully saturated rings. The van der Waals surface area contributed by atoms with Gasteiger partial charge in [-0.05, 0) is 49.8 Å². The van der Waals surface area contributed by atoms with Crippen molar-refractivity contribution in [1.29, 1.82) is 0 Å². The normalized spacial score (nSPS) is 19.3. The van der Waals surface area contributed by atoms with Crippen LogP contribution in [0.15, 0.2) is 36.7 Å². The lowest BCUT2D eigenvalue weighted by atomic mass is 10.0. The third-order valence-corrected chi connectivity index (χ3v) is 9.29. The van der Waals surface area contributed by atoms with Crippen LogP contribution in [0.1, 0.15) is 36.8 Å². The number of piperazine rings is 1. The van der Waals surface area contributed by atoms with Gasteiger partial charge in [0.05, 0.1) is 42.3 Å². The molecule has 0 spiro atoms. The minimum Gasteiger partial charge on any atom is -0.317 e. The van der Waals surface area contributed by atoms with Crippen molar-refractivity contribution in [2.45, 2.75) is 55.9 Å². The van der Waals surface area contributed by atoms with Crippen molar-refractivity contribution in [2.75, 3.05) is 25.0 Å². The number of rotatable bonds is 10. The number of halogens is 2. The summed E-state index contributed by atoms with van der Waals surface area (Å²) in [5.74, 6) is -1.50. The van der Waals surface area contributed by atoms with Crippen molar-refractivity contribution in [3.63, 3.8) is 0 Å². The average Bonchev–Trinajstić information content (AvgIpc) is 3.71. The topological polar surface area (TPSA) is 86.7 Å². The van der Waals surface area contributed by atoms with Crippen LogP contribution in [0, 0.1) is 18.2 Å². The number of hydrogen-bond acceptors (Lipinski definition) is 4. The molecule has 4 rings (SSSR count). The predicted octanol–water partition coefficient (Wildman–Crippen LogP) is 3.08. The average molecular weight is 532 g/mol. The van der Waals surface area contributed by atoms with Gasteiger partial charge in [-0.15, -0.1) is 0 Å². The highest BCUT2D eigenvalue weighted by molar-refractivity contribution is 7.90. The molecule has 37 heavy (non-hydrogen) atoms. The molecule has 0 bridgehead atoms. The van der Waals surface area contributed by atoms with Crippen LogP contribution in [0.2, 0.25) is 0 Å². The Hall–Kier alpha value is -3.23. The maximum Gasteiger partial charge on any atom is 0.352 e. The highest BCUT2D eigenvalue weighted by atomic mass is 32.2. The molecule has 2 atom stereocenters. The summed E-state index contributed by atoms with van der Waals surface area (Å²) in [6.07, 6.45) is 5.29. The molecule has 2 aliphatic rings. The van der Waals surface area contributed by atoms with E-state index in [1.54, 1.807) is 16.4 Å². The van der Waals surface area contributed by atoms with Gasteiger partial charge in [-0.3, -0.25) is 9.78 Å². The van der Waals surface area contributed by atoms with Crippen LogP contribution in [-0.2, 0) is 27.7 Å². The Morgan fingerprint density at radius 1 is 1.27 bits per heavy atom. The summed E-state index contributed by atoms with van der Waals surface area (Å²) < 4.78 is 57.2. The molecule has 8 nitrogen and oxygen atoms in total. The van der Waals surface area contributed by atoms with Crippen molar-refractivity contribution < 1.29 is 26.6 Å². The number of sulfonamides is 1. The van der Waals surface area contributed by atoms with Gasteiger partial charge in [-0.25, -0.2) is 21.8 Å². The minimum absolute atomic E-state index is 0.148. The van der Waals surface area contributed by atoms with Crippen LogP contribution >= 0.6 is 0 Å². The molecule has 1 aromatic heterocycles. The zero-order valence-corrected chi connectivity index (χ0v) is 21.3. The summed E-state index contributed by atoms with van der Waals surface area (Å²) in [6.45, 7) is 10.9. The van der Waals surface area contributed by atoms with E-state index < -0.39 is 33.6 Å². The number of benzene rings is 1.